The van der Waals surface area contributed by atoms with Crippen LogP contribution in [-0.2, 0) is 0 Å². The summed E-state index contributed by atoms with van der Waals surface area (Å²) >= 11 is 6.07. The van der Waals surface area contributed by atoms with Gasteiger partial charge in [-0.15, -0.1) is 0 Å². The van der Waals surface area contributed by atoms with Crippen LogP contribution in [0.1, 0.15) is 50.4 Å². The Hall–Kier alpha value is -4.61. The second kappa shape index (κ2) is 12.8. The highest BCUT2D eigenvalue weighted by Gasteiger charge is 2.25. The Morgan fingerprint density at radius 2 is 1.59 bits per heavy atom. The van der Waals surface area contributed by atoms with Crippen molar-refractivity contribution < 1.29 is 14.3 Å². The van der Waals surface area contributed by atoms with Gasteiger partial charge in [0.1, 0.15) is 23.2 Å². The molecular formula is C30H28ClN5O3. The molecule has 39 heavy (non-hydrogen) atoms. The molecule has 0 atom stereocenters. The first-order chi connectivity index (χ1) is 18.9. The highest BCUT2D eigenvalue weighted by Crippen LogP contribution is 2.26. The summed E-state index contributed by atoms with van der Waals surface area (Å²) in [5.41, 5.74) is 2.95. The molecule has 0 fully saturated rings. The third kappa shape index (κ3) is 6.64. The quantitative estimate of drug-likeness (QED) is 0.190. The maximum Gasteiger partial charge on any atom is 0.251 e. The Labute approximate surface area is 232 Å². The first-order valence-electron chi connectivity index (χ1n) is 12.5. The van der Waals surface area contributed by atoms with E-state index in [9.17, 15) is 14.9 Å². The number of nitrogens with one attached hydrogen (secondary N) is 2. The van der Waals surface area contributed by atoms with E-state index in [4.69, 9.17) is 16.3 Å². The molecule has 0 saturated carbocycles. The molecule has 9 heteroatoms. The molecule has 0 aliphatic carbocycles. The number of anilines is 1. The summed E-state index contributed by atoms with van der Waals surface area (Å²) in [5, 5.41) is 21.3. The molecular weight excluding hydrogens is 514 g/mol. The van der Waals surface area contributed by atoms with Gasteiger partial charge in [-0.25, -0.2) is 4.68 Å². The highest BCUT2D eigenvalue weighted by atomic mass is 35.5. The molecule has 0 aliphatic heterocycles. The summed E-state index contributed by atoms with van der Waals surface area (Å²) < 4.78 is 6.68. The Morgan fingerprint density at radius 1 is 0.949 bits per heavy atom. The molecule has 0 radical (unpaired) electrons. The average molecular weight is 542 g/mol. The van der Waals surface area contributed by atoms with Crippen molar-refractivity contribution in [2.45, 2.75) is 19.8 Å². The van der Waals surface area contributed by atoms with Crippen LogP contribution in [-0.4, -0.2) is 41.7 Å². The van der Waals surface area contributed by atoms with E-state index in [0.717, 1.165) is 5.56 Å². The van der Waals surface area contributed by atoms with Crippen LogP contribution in [0.2, 0.25) is 5.02 Å². The smallest absolute Gasteiger partial charge is 0.251 e. The zero-order valence-electron chi connectivity index (χ0n) is 21.7. The monoisotopic (exact) mass is 541 g/mol. The number of aromatic nitrogens is 2. The van der Waals surface area contributed by atoms with Crippen LogP contribution in [0, 0.1) is 18.3 Å². The van der Waals surface area contributed by atoms with Gasteiger partial charge in [0.15, 0.2) is 5.69 Å². The lowest BCUT2D eigenvalue weighted by Gasteiger charge is -2.11. The van der Waals surface area contributed by atoms with Crippen molar-refractivity contribution in [1.29, 1.82) is 5.26 Å². The summed E-state index contributed by atoms with van der Waals surface area (Å²) in [6.07, 6.45) is 1.42. The lowest BCUT2D eigenvalue weighted by molar-refractivity contribution is 0.0952. The normalized spacial score (nSPS) is 10.5. The molecule has 3 aromatic carbocycles. The van der Waals surface area contributed by atoms with Crippen LogP contribution < -0.4 is 15.4 Å². The number of halogens is 1. The lowest BCUT2D eigenvalue weighted by Crippen LogP contribution is -2.24. The van der Waals surface area contributed by atoms with E-state index in [-0.39, 0.29) is 22.9 Å². The predicted molar refractivity (Wildman–Crippen MR) is 151 cm³/mol. The van der Waals surface area contributed by atoms with Gasteiger partial charge in [0.05, 0.1) is 12.8 Å². The number of ketones is 1. The van der Waals surface area contributed by atoms with Gasteiger partial charge in [-0.3, -0.25) is 9.59 Å². The van der Waals surface area contributed by atoms with Crippen molar-refractivity contribution in [2.75, 3.05) is 25.5 Å². The zero-order valence-corrected chi connectivity index (χ0v) is 22.5. The number of hydrogen-bond donors (Lipinski definition) is 2. The second-order valence-corrected chi connectivity index (χ2v) is 9.32. The standard InChI is InChI=1S/C30H28ClN5O3/c1-20-5-7-21(8-6-20)28(37)27-26(19-32)29(36(35-27)24-13-11-23(31)12-14-24)33-17-3-4-18-34-30(38)22-9-15-25(39-2)16-10-22/h5-16,33H,3-4,17-18H2,1-2H3,(H,34,38). The Balaban J connectivity index is 1.45. The molecule has 4 aromatic rings. The molecule has 0 saturated heterocycles. The predicted octanol–water partition coefficient (Wildman–Crippen LogP) is 5.57. The third-order valence-electron chi connectivity index (χ3n) is 6.13. The number of nitriles is 1. The fourth-order valence-corrected chi connectivity index (χ4v) is 4.09. The van der Waals surface area contributed by atoms with Gasteiger partial charge in [-0.05, 0) is 68.3 Å². The van der Waals surface area contributed by atoms with Crippen molar-refractivity contribution in [3.05, 3.63) is 106 Å². The van der Waals surface area contributed by atoms with E-state index >= 15 is 0 Å². The van der Waals surface area contributed by atoms with Gasteiger partial charge < -0.3 is 15.4 Å². The van der Waals surface area contributed by atoms with Gasteiger partial charge in [-0.2, -0.15) is 10.4 Å². The number of amides is 1. The van der Waals surface area contributed by atoms with E-state index in [0.29, 0.717) is 59.3 Å². The molecule has 1 heterocycles. The van der Waals surface area contributed by atoms with Crippen LogP contribution in [0.25, 0.3) is 5.69 Å². The number of carbonyl (C=O) groups is 2. The van der Waals surface area contributed by atoms with Crippen molar-refractivity contribution in [3.8, 4) is 17.5 Å². The molecule has 0 unspecified atom stereocenters. The van der Waals surface area contributed by atoms with Crippen molar-refractivity contribution in [2.24, 2.45) is 0 Å². The molecule has 2 N–H and O–H groups in total. The Morgan fingerprint density at radius 3 is 2.23 bits per heavy atom. The fourth-order valence-electron chi connectivity index (χ4n) is 3.96. The SMILES string of the molecule is COc1ccc(C(=O)NCCCCNc2c(C#N)c(C(=O)c3ccc(C)cc3)nn2-c2ccc(Cl)cc2)cc1. The number of unbranched alkanes of at least 4 members (excludes halogenated alkanes) is 1. The molecule has 0 spiro atoms. The minimum Gasteiger partial charge on any atom is -0.497 e. The van der Waals surface area contributed by atoms with E-state index in [1.54, 1.807) is 72.5 Å². The summed E-state index contributed by atoms with van der Waals surface area (Å²) in [5.74, 6) is 0.634. The molecule has 1 aromatic heterocycles. The second-order valence-electron chi connectivity index (χ2n) is 8.89. The minimum atomic E-state index is -0.330. The van der Waals surface area contributed by atoms with E-state index < -0.39 is 0 Å². The van der Waals surface area contributed by atoms with Crippen molar-refractivity contribution >= 4 is 29.1 Å². The van der Waals surface area contributed by atoms with Crippen molar-refractivity contribution in [3.63, 3.8) is 0 Å². The largest absolute Gasteiger partial charge is 0.497 e. The summed E-state index contributed by atoms with van der Waals surface area (Å²) in [4.78, 5) is 25.7. The van der Waals surface area contributed by atoms with E-state index in [2.05, 4.69) is 21.8 Å². The number of methoxy groups -OCH3 is 1. The Bertz CT molecular complexity index is 1490. The number of rotatable bonds is 11. The van der Waals surface area contributed by atoms with Crippen molar-refractivity contribution in [1.82, 2.24) is 15.1 Å². The first kappa shape index (κ1) is 27.4. The number of ether oxygens (including phenoxy) is 1. The van der Waals surface area contributed by atoms with Crippen LogP contribution in [0.15, 0.2) is 72.8 Å². The fraction of sp³-hybridized carbons (Fsp3) is 0.200. The molecule has 8 nitrogen and oxygen atoms in total. The van der Waals surface area contributed by atoms with E-state index in [1.165, 1.54) is 0 Å². The maximum atomic E-state index is 13.3. The number of benzene rings is 3. The topological polar surface area (TPSA) is 109 Å². The van der Waals surface area contributed by atoms with Gasteiger partial charge in [0.2, 0.25) is 5.78 Å². The van der Waals surface area contributed by atoms with Crippen LogP contribution in [0.4, 0.5) is 5.82 Å². The number of aryl methyl sites for hydroxylation is 1. The average Bonchev–Trinajstić information content (AvgIpc) is 3.33. The van der Waals surface area contributed by atoms with Gasteiger partial charge in [-0.1, -0.05) is 41.4 Å². The van der Waals surface area contributed by atoms with Crippen LogP contribution in [0.5, 0.6) is 5.75 Å². The number of hydrogen-bond acceptors (Lipinski definition) is 6. The van der Waals surface area contributed by atoms with Gasteiger partial charge >= 0.3 is 0 Å². The maximum absolute atomic E-state index is 13.3. The number of nitrogens with zero attached hydrogens (tertiary/aromatic N) is 3. The Kier molecular flexibility index (Phi) is 8.97. The van der Waals surface area contributed by atoms with Gasteiger partial charge in [0, 0.05) is 29.2 Å². The van der Waals surface area contributed by atoms with E-state index in [1.807, 2.05) is 19.1 Å². The van der Waals surface area contributed by atoms with Gasteiger partial charge in [0.25, 0.3) is 5.91 Å². The first-order valence-corrected chi connectivity index (χ1v) is 12.9. The summed E-state index contributed by atoms with van der Waals surface area (Å²) in [7, 11) is 1.58. The molecule has 0 bridgehead atoms. The van der Waals surface area contributed by atoms with Crippen LogP contribution >= 0.6 is 11.6 Å². The molecule has 1 amide bonds. The minimum absolute atomic E-state index is 0.0746. The lowest BCUT2D eigenvalue weighted by atomic mass is 10.0. The number of carbonyl (C=O) groups excluding carboxylic acids is 2. The molecule has 198 valence electrons. The highest BCUT2D eigenvalue weighted by molar-refractivity contribution is 6.30. The summed E-state index contributed by atoms with van der Waals surface area (Å²) in [6.45, 7) is 2.94. The summed E-state index contributed by atoms with van der Waals surface area (Å²) in [6, 6.07) is 23.2. The molecule has 0 aliphatic rings. The van der Waals surface area contributed by atoms with Crippen LogP contribution in [0.3, 0.4) is 0 Å². The zero-order chi connectivity index (χ0) is 27.8. The molecule has 4 rings (SSSR count). The third-order valence-corrected chi connectivity index (χ3v) is 6.38.